The Kier molecular flexibility index (Phi) is 31.4. The van der Waals surface area contributed by atoms with E-state index in [2.05, 4.69) is 47.9 Å². The first kappa shape index (κ1) is 76.6. The standard InChI is InChI=1S/C58H97N15O17/c1-10-29(8)39-53(85)71-40(30(9)75)52(84)64-24-38(76)69-42(45(78)47(60)79)55(87)68-37(25-74)57(89)90-46(32-15-12-11-13-16-32)43(73-51(83)36(22-27(4)5)66-48(80)33(59)23-31-18-19-31)56(88)72-41(44(77)28(6)7)54(86)67-35(21-26(2)3)50(82)65-34(49(81)70-39)17-14-20-63-58(61)62/h11-13,15-16,26-31,33-37,39-46,53,71,74-75,77-78,85H,10,14,17-25,59H2,1-9H3,(H2,60,79)(H,64,84)(H,65,82)(H,66,80)(H,67,86)(H,68,87)(H,69,76)(H,70,81)(H,72,88)(H,73,83)(H4,61,62,63)/t29-,30-,33+,34+,35-,36-,37-,39-,40-,41-,42-,43-,44+,45-,46+,53?/m0/s1. The first-order valence-electron chi connectivity index (χ1n) is 30.4. The maximum Gasteiger partial charge on any atom is 0.331 e. The number of ether oxygens (including phenoxy) is 1. The second-order valence-corrected chi connectivity index (χ2v) is 24.3. The quantitative estimate of drug-likeness (QED) is 0.0210. The number of aliphatic hydroxyl groups is 5. The zero-order chi connectivity index (χ0) is 67.9. The van der Waals surface area contributed by atoms with Gasteiger partial charge >= 0.3 is 5.97 Å². The number of aliphatic hydroxyl groups excluding tert-OH is 5. The maximum absolute atomic E-state index is 15.4. The van der Waals surface area contributed by atoms with Crippen molar-refractivity contribution < 1.29 is 83.0 Å². The van der Waals surface area contributed by atoms with Gasteiger partial charge < -0.3 is 101 Å². The Morgan fingerprint density at radius 1 is 0.722 bits per heavy atom. The molecule has 16 atom stereocenters. The second kappa shape index (κ2) is 36.9. The zero-order valence-corrected chi connectivity index (χ0v) is 52.6. The summed E-state index contributed by atoms with van der Waals surface area (Å²) in [6.45, 7) is 12.0. The van der Waals surface area contributed by atoms with Gasteiger partial charge in [0.25, 0.3) is 0 Å². The highest BCUT2D eigenvalue weighted by Gasteiger charge is 2.44. The molecule has 0 radical (unpaired) electrons. The third-order valence-corrected chi connectivity index (χ3v) is 15.2. The summed E-state index contributed by atoms with van der Waals surface area (Å²) in [5.41, 5.74) is 17.0. The molecule has 32 nitrogen and oxygen atoms in total. The van der Waals surface area contributed by atoms with Crippen LogP contribution in [0.25, 0.3) is 0 Å². The number of benzene rings is 1. The minimum atomic E-state index is -2.56. The molecule has 1 aliphatic heterocycles. The largest absolute Gasteiger partial charge is 0.453 e. The summed E-state index contributed by atoms with van der Waals surface area (Å²) in [7, 11) is 0. The highest BCUT2D eigenvalue weighted by molar-refractivity contribution is 5.99. The molecule has 1 aromatic rings. The average Bonchev–Trinajstić information content (AvgIpc) is 1.12. The molecule has 1 aliphatic carbocycles. The maximum atomic E-state index is 15.4. The Labute approximate surface area is 523 Å². The summed E-state index contributed by atoms with van der Waals surface area (Å²) < 4.78 is 5.93. The third kappa shape index (κ3) is 24.6. The topological polar surface area (TPSA) is 532 Å². The van der Waals surface area contributed by atoms with Gasteiger partial charge in [0, 0.05) is 6.54 Å². The first-order chi connectivity index (χ1) is 42.2. The van der Waals surface area contributed by atoms with Crippen molar-refractivity contribution in [1.82, 2.24) is 58.5 Å². The molecule has 90 heavy (non-hydrogen) atoms. The van der Waals surface area contributed by atoms with E-state index in [0.717, 1.165) is 19.8 Å². The molecule has 0 aromatic heterocycles. The SMILES string of the molecule is CC[C@H](C)[C@@H]1NC(=O)[C@@H](CCCNC(=N)N)NC(=O)[C@H](CC(C)C)NC(=O)[C@H]([C@H](O)C(C)C)NC(=O)[C@@H](NC(=O)[C@H](CC(C)C)NC(=O)[C@H](N)CC2CC2)[C@@H](c2ccccc2)OC(=O)[C@H](CO)NC(=O)[C@H]([C@H](O)C(N)=O)NC(=O)CNC(=O)[C@H]([C@H](C)O)NC1O. The molecule has 2 aliphatic rings. The number of guanidine groups is 1. The summed E-state index contributed by atoms with van der Waals surface area (Å²) in [5.74, 6) is -15.6. The number of carbonyl (C=O) groups excluding carboxylic acids is 11. The van der Waals surface area contributed by atoms with E-state index in [0.29, 0.717) is 6.42 Å². The number of primary amides is 1. The van der Waals surface area contributed by atoms with Gasteiger partial charge in [0.2, 0.25) is 59.1 Å². The van der Waals surface area contributed by atoms with Crippen LogP contribution in [0, 0.1) is 35.0 Å². The van der Waals surface area contributed by atoms with Gasteiger partial charge in [-0.3, -0.25) is 58.7 Å². The van der Waals surface area contributed by atoms with Crippen molar-refractivity contribution in [2.24, 2.45) is 46.8 Å². The average molecular weight is 1280 g/mol. The van der Waals surface area contributed by atoms with E-state index in [1.165, 1.54) is 44.2 Å². The van der Waals surface area contributed by atoms with Crippen LogP contribution in [0.4, 0.5) is 0 Å². The van der Waals surface area contributed by atoms with Crippen LogP contribution in [0.2, 0.25) is 0 Å². The van der Waals surface area contributed by atoms with Crippen LogP contribution in [0.15, 0.2) is 30.3 Å². The number of esters is 1. The van der Waals surface area contributed by atoms with Gasteiger partial charge in [-0.05, 0) is 74.2 Å². The molecule has 2 fully saturated rings. The number of nitrogens with two attached hydrogens (primary N) is 3. The van der Waals surface area contributed by atoms with E-state index < -0.39 is 187 Å². The number of rotatable bonds is 23. The predicted octanol–water partition coefficient (Wildman–Crippen LogP) is -5.68. The fourth-order valence-corrected chi connectivity index (χ4v) is 9.65. The fraction of sp³-hybridized carbons (Fsp3) is 0.690. The van der Waals surface area contributed by atoms with E-state index in [1.54, 1.807) is 41.5 Å². The molecule has 10 amide bonds. The van der Waals surface area contributed by atoms with Crippen molar-refractivity contribution in [1.29, 1.82) is 5.41 Å². The Bertz CT molecular complexity index is 2610. The third-order valence-electron chi connectivity index (χ3n) is 15.2. The monoisotopic (exact) mass is 1280 g/mol. The normalized spacial score (nSPS) is 26.4. The molecule has 0 bridgehead atoms. The molecule has 3 rings (SSSR count). The second-order valence-electron chi connectivity index (χ2n) is 24.3. The lowest BCUT2D eigenvalue weighted by Crippen LogP contribution is -2.64. The molecule has 1 unspecified atom stereocenters. The van der Waals surface area contributed by atoms with Crippen LogP contribution in [0.1, 0.15) is 125 Å². The van der Waals surface area contributed by atoms with Crippen LogP contribution < -0.4 is 75.7 Å². The molecule has 506 valence electrons. The molecule has 0 spiro atoms. The van der Waals surface area contributed by atoms with Gasteiger partial charge in [0.1, 0.15) is 48.5 Å². The van der Waals surface area contributed by atoms with E-state index in [-0.39, 0.29) is 62.0 Å². The van der Waals surface area contributed by atoms with Crippen LogP contribution in [-0.4, -0.2) is 201 Å². The van der Waals surface area contributed by atoms with Crippen molar-refractivity contribution in [2.75, 3.05) is 19.7 Å². The van der Waals surface area contributed by atoms with Gasteiger partial charge in [-0.15, -0.1) is 0 Å². The smallest absolute Gasteiger partial charge is 0.331 e. The Hall–Kier alpha value is -7.62. The highest BCUT2D eigenvalue weighted by Crippen LogP contribution is 2.33. The molecule has 1 aromatic carbocycles. The Balaban J connectivity index is 2.39. The van der Waals surface area contributed by atoms with E-state index >= 15 is 4.79 Å². The number of hydrogen-bond donors (Lipinski definition) is 20. The summed E-state index contributed by atoms with van der Waals surface area (Å²) in [5, 5.41) is 90.5. The molecule has 1 heterocycles. The van der Waals surface area contributed by atoms with Crippen molar-refractivity contribution in [3.63, 3.8) is 0 Å². The van der Waals surface area contributed by atoms with Gasteiger partial charge in [0.15, 0.2) is 24.2 Å². The summed E-state index contributed by atoms with van der Waals surface area (Å²) >= 11 is 0. The number of nitrogens with one attached hydrogen (secondary N) is 12. The minimum absolute atomic E-state index is 0.0344. The van der Waals surface area contributed by atoms with Gasteiger partial charge in [-0.2, -0.15) is 0 Å². The van der Waals surface area contributed by atoms with Gasteiger partial charge in [0.05, 0.1) is 37.4 Å². The van der Waals surface area contributed by atoms with Gasteiger partial charge in [-0.1, -0.05) is 105 Å². The zero-order valence-electron chi connectivity index (χ0n) is 52.6. The minimum Gasteiger partial charge on any atom is -0.453 e. The molecule has 32 heteroatoms. The van der Waals surface area contributed by atoms with Crippen molar-refractivity contribution in [2.45, 2.75) is 205 Å². The van der Waals surface area contributed by atoms with Crippen molar-refractivity contribution in [3.05, 3.63) is 35.9 Å². The van der Waals surface area contributed by atoms with Crippen molar-refractivity contribution in [3.8, 4) is 0 Å². The molecule has 1 saturated carbocycles. The molecular formula is C58H97N15O17. The highest BCUT2D eigenvalue weighted by atomic mass is 16.5. The molecule has 23 N–H and O–H groups in total. The Morgan fingerprint density at radius 3 is 1.87 bits per heavy atom. The lowest BCUT2D eigenvalue weighted by molar-refractivity contribution is -0.159. The van der Waals surface area contributed by atoms with Crippen LogP contribution in [0.5, 0.6) is 0 Å². The van der Waals surface area contributed by atoms with E-state index in [9.17, 15) is 73.5 Å². The fourth-order valence-electron chi connectivity index (χ4n) is 9.65. The van der Waals surface area contributed by atoms with Crippen LogP contribution in [0.3, 0.4) is 0 Å². The number of cyclic esters (lactones) is 1. The lowest BCUT2D eigenvalue weighted by Gasteiger charge is -2.34. The summed E-state index contributed by atoms with van der Waals surface area (Å²) in [4.78, 5) is 156. The number of carbonyl (C=O) groups is 11. The van der Waals surface area contributed by atoms with E-state index in [1.807, 2.05) is 10.6 Å². The van der Waals surface area contributed by atoms with E-state index in [4.69, 9.17) is 27.3 Å². The lowest BCUT2D eigenvalue weighted by atomic mass is 9.95. The number of amides is 10. The Morgan fingerprint density at radius 2 is 1.32 bits per heavy atom. The van der Waals surface area contributed by atoms with Gasteiger partial charge in [-0.25, -0.2) is 4.79 Å². The summed E-state index contributed by atoms with van der Waals surface area (Å²) in [6, 6.07) is -10.2. The molecule has 1 saturated heterocycles. The van der Waals surface area contributed by atoms with Crippen LogP contribution >= 0.6 is 0 Å². The van der Waals surface area contributed by atoms with Crippen LogP contribution in [-0.2, 0) is 57.5 Å². The first-order valence-corrected chi connectivity index (χ1v) is 30.4. The molecular weight excluding hydrogens is 1180 g/mol. The van der Waals surface area contributed by atoms with Crippen molar-refractivity contribution >= 4 is 71.0 Å². The number of hydrogen-bond acceptors (Lipinski definition) is 20. The predicted molar refractivity (Wildman–Crippen MR) is 324 cm³/mol. The summed E-state index contributed by atoms with van der Waals surface area (Å²) in [6.07, 6.45) is -7.80.